The van der Waals surface area contributed by atoms with Crippen molar-refractivity contribution in [1.29, 1.82) is 0 Å². The number of hydrogen-bond donors (Lipinski definition) is 0. The van der Waals surface area contributed by atoms with E-state index in [4.69, 9.17) is 23.2 Å². The Labute approximate surface area is 155 Å². The molecular formula is C19H16Cl2N2O2. The van der Waals surface area contributed by atoms with Crippen molar-refractivity contribution in [2.75, 3.05) is 18.0 Å². The van der Waals surface area contributed by atoms with Gasteiger partial charge in [-0.05, 0) is 23.8 Å². The lowest BCUT2D eigenvalue weighted by Gasteiger charge is -2.21. The third-order valence-electron chi connectivity index (χ3n) is 4.83. The zero-order valence-electron chi connectivity index (χ0n) is 13.4. The molecule has 2 saturated heterocycles. The summed E-state index contributed by atoms with van der Waals surface area (Å²) in [6.07, 6.45) is 0. The average molecular weight is 375 g/mol. The minimum Gasteiger partial charge on any atom is -0.297 e. The number of halogens is 2. The number of amides is 2. The fourth-order valence-electron chi connectivity index (χ4n) is 3.72. The molecule has 6 heteroatoms. The highest BCUT2D eigenvalue weighted by Gasteiger charge is 2.52. The van der Waals surface area contributed by atoms with Crippen LogP contribution < -0.4 is 4.90 Å². The molecule has 2 aliphatic rings. The molecule has 2 fully saturated rings. The fraction of sp³-hybridized carbons (Fsp3) is 0.263. The van der Waals surface area contributed by atoms with Crippen molar-refractivity contribution < 1.29 is 9.59 Å². The van der Waals surface area contributed by atoms with Crippen LogP contribution in [-0.2, 0) is 16.1 Å². The van der Waals surface area contributed by atoms with Crippen LogP contribution in [0.2, 0.25) is 10.0 Å². The summed E-state index contributed by atoms with van der Waals surface area (Å²) in [6.45, 7) is 1.93. The summed E-state index contributed by atoms with van der Waals surface area (Å²) in [4.78, 5) is 29.0. The number of fused-ring (bicyclic) bond motifs is 1. The standard InChI is InChI=1S/C19H16Cl2N2O2/c20-13-6-14(21)8-15(7-13)23-18(24)16-10-22(11-17(16)19(23)25)9-12-4-2-1-3-5-12/h1-8,16-17H,9-11H2. The third kappa shape index (κ3) is 3.06. The van der Waals surface area contributed by atoms with Crippen molar-refractivity contribution in [2.45, 2.75) is 6.54 Å². The normalized spacial score (nSPS) is 23.4. The minimum atomic E-state index is -0.297. The van der Waals surface area contributed by atoms with Crippen molar-refractivity contribution in [3.8, 4) is 0 Å². The van der Waals surface area contributed by atoms with Crippen LogP contribution in [0.15, 0.2) is 48.5 Å². The lowest BCUT2D eigenvalue weighted by molar-refractivity contribution is -0.123. The number of nitrogens with zero attached hydrogens (tertiary/aromatic N) is 2. The summed E-state index contributed by atoms with van der Waals surface area (Å²) in [5.74, 6) is -0.921. The Morgan fingerprint density at radius 3 is 2.00 bits per heavy atom. The van der Waals surface area contributed by atoms with Gasteiger partial charge in [0.2, 0.25) is 11.8 Å². The summed E-state index contributed by atoms with van der Waals surface area (Å²) in [7, 11) is 0. The number of anilines is 1. The van der Waals surface area contributed by atoms with Gasteiger partial charge in [0.05, 0.1) is 17.5 Å². The topological polar surface area (TPSA) is 40.6 Å². The highest BCUT2D eigenvalue weighted by atomic mass is 35.5. The molecule has 0 bridgehead atoms. The molecule has 0 aromatic heterocycles. The first-order chi connectivity index (χ1) is 12.0. The fourth-order valence-corrected chi connectivity index (χ4v) is 4.23. The second-order valence-electron chi connectivity index (χ2n) is 6.53. The van der Waals surface area contributed by atoms with E-state index in [1.54, 1.807) is 18.2 Å². The quantitative estimate of drug-likeness (QED) is 0.770. The molecule has 0 spiro atoms. The largest absolute Gasteiger partial charge is 0.297 e. The smallest absolute Gasteiger partial charge is 0.239 e. The maximum absolute atomic E-state index is 12.8. The van der Waals surface area contributed by atoms with E-state index in [9.17, 15) is 9.59 Å². The Morgan fingerprint density at radius 2 is 1.44 bits per heavy atom. The van der Waals surface area contributed by atoms with Crippen LogP contribution in [0.5, 0.6) is 0 Å². The first kappa shape index (κ1) is 16.6. The SMILES string of the molecule is O=C1C2CN(Cc3ccccc3)CC2C(=O)N1c1cc(Cl)cc(Cl)c1. The van der Waals surface area contributed by atoms with Crippen molar-refractivity contribution >= 4 is 40.7 Å². The van der Waals surface area contributed by atoms with Crippen molar-refractivity contribution in [3.63, 3.8) is 0 Å². The Hall–Kier alpha value is -1.88. The highest BCUT2D eigenvalue weighted by Crippen LogP contribution is 2.38. The Bertz CT molecular complexity index is 796. The van der Waals surface area contributed by atoms with Crippen LogP contribution in [0.1, 0.15) is 5.56 Å². The predicted octanol–water partition coefficient (Wildman–Crippen LogP) is 3.61. The third-order valence-corrected chi connectivity index (χ3v) is 5.26. The molecule has 2 aliphatic heterocycles. The van der Waals surface area contributed by atoms with E-state index in [0.29, 0.717) is 28.8 Å². The Morgan fingerprint density at radius 1 is 0.880 bits per heavy atom. The Kier molecular flexibility index (Phi) is 4.28. The average Bonchev–Trinajstić information content (AvgIpc) is 3.07. The Balaban J connectivity index is 1.53. The van der Waals surface area contributed by atoms with Gasteiger partial charge in [-0.25, -0.2) is 4.90 Å². The molecule has 2 aromatic carbocycles. The van der Waals surface area contributed by atoms with Crippen LogP contribution in [0.25, 0.3) is 0 Å². The van der Waals surface area contributed by atoms with Gasteiger partial charge in [-0.1, -0.05) is 53.5 Å². The molecule has 0 radical (unpaired) electrons. The summed E-state index contributed by atoms with van der Waals surface area (Å²) < 4.78 is 0. The van der Waals surface area contributed by atoms with E-state index < -0.39 is 0 Å². The number of hydrogen-bond acceptors (Lipinski definition) is 3. The molecule has 2 amide bonds. The lowest BCUT2D eigenvalue weighted by Crippen LogP contribution is -2.36. The van der Waals surface area contributed by atoms with E-state index in [0.717, 1.165) is 6.54 Å². The number of imide groups is 1. The number of carbonyl (C=O) groups excluding carboxylic acids is 2. The van der Waals surface area contributed by atoms with Gasteiger partial charge in [-0.15, -0.1) is 0 Å². The van der Waals surface area contributed by atoms with Crippen molar-refractivity contribution in [1.82, 2.24) is 4.90 Å². The van der Waals surface area contributed by atoms with E-state index >= 15 is 0 Å². The van der Waals surface area contributed by atoms with Crippen molar-refractivity contribution in [3.05, 3.63) is 64.1 Å². The summed E-state index contributed by atoms with van der Waals surface area (Å²) >= 11 is 12.0. The van der Waals surface area contributed by atoms with Gasteiger partial charge in [0.25, 0.3) is 0 Å². The van der Waals surface area contributed by atoms with Crippen LogP contribution in [0.4, 0.5) is 5.69 Å². The van der Waals surface area contributed by atoms with Crippen molar-refractivity contribution in [2.24, 2.45) is 11.8 Å². The summed E-state index contributed by atoms with van der Waals surface area (Å²) in [5, 5.41) is 0.816. The maximum atomic E-state index is 12.8. The summed E-state index contributed by atoms with van der Waals surface area (Å²) in [5.41, 5.74) is 1.64. The van der Waals surface area contributed by atoms with Gasteiger partial charge < -0.3 is 0 Å². The van der Waals surface area contributed by atoms with Crippen LogP contribution >= 0.6 is 23.2 Å². The van der Waals surface area contributed by atoms with Gasteiger partial charge in [0.1, 0.15) is 0 Å². The molecular weight excluding hydrogens is 359 g/mol. The van der Waals surface area contributed by atoms with E-state index in [1.165, 1.54) is 10.5 Å². The zero-order chi connectivity index (χ0) is 17.6. The first-order valence-electron chi connectivity index (χ1n) is 8.13. The minimum absolute atomic E-state index is 0.163. The molecule has 2 unspecified atom stereocenters. The summed E-state index contributed by atoms with van der Waals surface area (Å²) in [6, 6.07) is 14.9. The zero-order valence-corrected chi connectivity index (χ0v) is 14.9. The number of carbonyl (C=O) groups is 2. The molecule has 4 rings (SSSR count). The van der Waals surface area contributed by atoms with E-state index in [-0.39, 0.29) is 23.7 Å². The first-order valence-corrected chi connectivity index (χ1v) is 8.89. The molecule has 2 heterocycles. The molecule has 25 heavy (non-hydrogen) atoms. The van der Waals surface area contributed by atoms with Crippen LogP contribution in [-0.4, -0.2) is 29.8 Å². The van der Waals surface area contributed by atoms with Gasteiger partial charge in [0.15, 0.2) is 0 Å². The molecule has 128 valence electrons. The predicted molar refractivity (Wildman–Crippen MR) is 97.7 cm³/mol. The highest BCUT2D eigenvalue weighted by molar-refractivity contribution is 6.35. The maximum Gasteiger partial charge on any atom is 0.239 e. The molecule has 0 saturated carbocycles. The molecule has 0 N–H and O–H groups in total. The van der Waals surface area contributed by atoms with Crippen LogP contribution in [0.3, 0.4) is 0 Å². The second-order valence-corrected chi connectivity index (χ2v) is 7.41. The number of benzene rings is 2. The molecule has 2 atom stereocenters. The lowest BCUT2D eigenvalue weighted by atomic mass is 10.00. The van der Waals surface area contributed by atoms with Gasteiger partial charge in [-0.3, -0.25) is 14.5 Å². The van der Waals surface area contributed by atoms with Gasteiger partial charge >= 0.3 is 0 Å². The number of rotatable bonds is 3. The van der Waals surface area contributed by atoms with Gasteiger partial charge in [-0.2, -0.15) is 0 Å². The molecule has 2 aromatic rings. The van der Waals surface area contributed by atoms with Gasteiger partial charge in [0, 0.05) is 29.7 Å². The van der Waals surface area contributed by atoms with Crippen LogP contribution in [0, 0.1) is 11.8 Å². The number of likely N-dealkylation sites (tertiary alicyclic amines) is 1. The molecule has 4 nitrogen and oxygen atoms in total. The van der Waals surface area contributed by atoms with E-state index in [2.05, 4.69) is 17.0 Å². The van der Waals surface area contributed by atoms with E-state index in [1.807, 2.05) is 18.2 Å². The second kappa shape index (κ2) is 6.45. The monoisotopic (exact) mass is 374 g/mol. The molecule has 0 aliphatic carbocycles.